The van der Waals surface area contributed by atoms with Gasteiger partial charge in [-0.05, 0) is 24.3 Å². The molecule has 1 aliphatic heterocycles. The molecule has 0 spiro atoms. The van der Waals surface area contributed by atoms with Crippen molar-refractivity contribution in [3.05, 3.63) is 48.3 Å². The average molecular weight is 338 g/mol. The van der Waals surface area contributed by atoms with E-state index in [2.05, 4.69) is 20.5 Å². The summed E-state index contributed by atoms with van der Waals surface area (Å²) >= 11 is 0. The zero-order valence-corrected chi connectivity index (χ0v) is 13.6. The summed E-state index contributed by atoms with van der Waals surface area (Å²) in [5.41, 5.74) is 2.05. The van der Waals surface area contributed by atoms with Crippen molar-refractivity contribution >= 4 is 22.5 Å². The van der Waals surface area contributed by atoms with Crippen LogP contribution in [0.25, 0.3) is 10.9 Å². The van der Waals surface area contributed by atoms with Crippen molar-refractivity contribution in [3.8, 4) is 5.88 Å². The van der Waals surface area contributed by atoms with Crippen LogP contribution < -0.4 is 10.1 Å². The number of anilines is 1. The van der Waals surface area contributed by atoms with Crippen molar-refractivity contribution < 1.29 is 14.3 Å². The molecule has 0 atom stereocenters. The molecule has 25 heavy (non-hydrogen) atoms. The molecule has 0 saturated carbocycles. The van der Waals surface area contributed by atoms with Gasteiger partial charge >= 0.3 is 0 Å². The smallest absolute Gasteiger partial charge is 0.257 e. The molecule has 1 aliphatic rings. The number of hydrogen-bond acceptors (Lipinski definition) is 5. The number of ether oxygens (including phenoxy) is 2. The van der Waals surface area contributed by atoms with Gasteiger partial charge < -0.3 is 14.8 Å². The topological polar surface area (TPSA) is 89.1 Å². The van der Waals surface area contributed by atoms with Gasteiger partial charge in [0, 0.05) is 36.2 Å². The summed E-state index contributed by atoms with van der Waals surface area (Å²) in [5.74, 6) is 0.311. The molecule has 3 heterocycles. The first-order chi connectivity index (χ1) is 12.3. The number of hydrogen-bond donors (Lipinski definition) is 2. The Bertz CT molecular complexity index is 869. The number of nitrogens with one attached hydrogen (secondary N) is 2. The van der Waals surface area contributed by atoms with Crippen molar-refractivity contribution in [1.82, 2.24) is 15.2 Å². The van der Waals surface area contributed by atoms with E-state index in [0.29, 0.717) is 30.3 Å². The zero-order valence-electron chi connectivity index (χ0n) is 13.6. The third-order valence-electron chi connectivity index (χ3n) is 4.15. The van der Waals surface area contributed by atoms with Crippen molar-refractivity contribution in [2.75, 3.05) is 18.5 Å². The number of benzene rings is 1. The molecule has 4 rings (SSSR count). The first-order valence-corrected chi connectivity index (χ1v) is 8.23. The Kier molecular flexibility index (Phi) is 4.30. The standard InChI is InChI=1S/C18H18N4O3/c23-18(21-14-3-1-12-11-20-22-16(12)9-14)13-2-4-17(19-10-13)25-15-5-7-24-8-6-15/h1-4,9-11,15H,5-8H2,(H,20,22)(H,21,23). The lowest BCUT2D eigenvalue weighted by molar-refractivity contribution is 0.0237. The molecule has 3 aromatic rings. The zero-order chi connectivity index (χ0) is 17.1. The first-order valence-electron chi connectivity index (χ1n) is 8.23. The maximum atomic E-state index is 12.4. The van der Waals surface area contributed by atoms with E-state index < -0.39 is 0 Å². The molecular weight excluding hydrogens is 320 g/mol. The Labute approximate surface area is 144 Å². The third kappa shape index (κ3) is 3.61. The second-order valence-electron chi connectivity index (χ2n) is 5.94. The molecule has 1 amide bonds. The molecule has 128 valence electrons. The quantitative estimate of drug-likeness (QED) is 0.763. The summed E-state index contributed by atoms with van der Waals surface area (Å²) < 4.78 is 11.1. The maximum Gasteiger partial charge on any atom is 0.257 e. The largest absolute Gasteiger partial charge is 0.474 e. The molecule has 0 radical (unpaired) electrons. The number of aromatic amines is 1. The van der Waals surface area contributed by atoms with Crippen LogP contribution in [-0.4, -0.2) is 40.4 Å². The number of H-pyrrole nitrogens is 1. The van der Waals surface area contributed by atoms with Gasteiger partial charge in [0.2, 0.25) is 5.88 Å². The van der Waals surface area contributed by atoms with Gasteiger partial charge in [0.25, 0.3) is 5.91 Å². The number of amides is 1. The average Bonchev–Trinajstić information content (AvgIpc) is 3.11. The predicted octanol–water partition coefficient (Wildman–Crippen LogP) is 2.77. The number of fused-ring (bicyclic) bond motifs is 1. The minimum atomic E-state index is -0.219. The van der Waals surface area contributed by atoms with E-state index in [4.69, 9.17) is 9.47 Å². The van der Waals surface area contributed by atoms with E-state index in [9.17, 15) is 4.79 Å². The molecule has 1 aromatic carbocycles. The molecule has 7 nitrogen and oxygen atoms in total. The van der Waals surface area contributed by atoms with Crippen LogP contribution in [0.4, 0.5) is 5.69 Å². The van der Waals surface area contributed by atoms with Crippen LogP contribution in [0.3, 0.4) is 0 Å². The minimum Gasteiger partial charge on any atom is -0.474 e. The van der Waals surface area contributed by atoms with E-state index in [1.807, 2.05) is 18.2 Å². The molecule has 0 unspecified atom stereocenters. The van der Waals surface area contributed by atoms with Gasteiger partial charge in [0.1, 0.15) is 6.10 Å². The predicted molar refractivity (Wildman–Crippen MR) is 92.8 cm³/mol. The van der Waals surface area contributed by atoms with Crippen LogP contribution in [0, 0.1) is 0 Å². The highest BCUT2D eigenvalue weighted by Gasteiger charge is 2.16. The van der Waals surface area contributed by atoms with Crippen molar-refractivity contribution in [2.24, 2.45) is 0 Å². The normalized spacial score (nSPS) is 15.2. The van der Waals surface area contributed by atoms with Crippen molar-refractivity contribution in [3.63, 3.8) is 0 Å². The van der Waals surface area contributed by atoms with E-state index in [0.717, 1.165) is 23.7 Å². The lowest BCUT2D eigenvalue weighted by Crippen LogP contribution is -2.26. The number of nitrogens with zero attached hydrogens (tertiary/aromatic N) is 2. The monoisotopic (exact) mass is 338 g/mol. The maximum absolute atomic E-state index is 12.4. The Hall–Kier alpha value is -2.93. The van der Waals surface area contributed by atoms with Gasteiger partial charge in [-0.1, -0.05) is 0 Å². The van der Waals surface area contributed by atoms with Crippen molar-refractivity contribution in [2.45, 2.75) is 18.9 Å². The van der Waals surface area contributed by atoms with Gasteiger partial charge in [-0.15, -0.1) is 0 Å². The fraction of sp³-hybridized carbons (Fsp3) is 0.278. The van der Waals surface area contributed by atoms with Gasteiger partial charge in [0.05, 0.1) is 30.5 Å². The molecule has 2 aromatic heterocycles. The summed E-state index contributed by atoms with van der Waals surface area (Å²) in [7, 11) is 0. The summed E-state index contributed by atoms with van der Waals surface area (Å²) in [6.45, 7) is 1.43. The number of rotatable bonds is 4. The van der Waals surface area contributed by atoms with Crippen LogP contribution in [0.15, 0.2) is 42.7 Å². The lowest BCUT2D eigenvalue weighted by atomic mass is 10.1. The van der Waals surface area contributed by atoms with Crippen LogP contribution >= 0.6 is 0 Å². The van der Waals surface area contributed by atoms with Crippen LogP contribution in [0.1, 0.15) is 23.2 Å². The number of carbonyl (C=O) groups excluding carboxylic acids is 1. The van der Waals surface area contributed by atoms with Crippen LogP contribution in [-0.2, 0) is 4.74 Å². The van der Waals surface area contributed by atoms with Gasteiger partial charge in [-0.25, -0.2) is 4.98 Å². The van der Waals surface area contributed by atoms with E-state index in [1.54, 1.807) is 18.3 Å². The molecule has 0 aliphatic carbocycles. The highest BCUT2D eigenvalue weighted by Crippen LogP contribution is 2.19. The number of aromatic nitrogens is 3. The SMILES string of the molecule is O=C(Nc1ccc2cn[nH]c2c1)c1ccc(OC2CCOCC2)nc1. The second-order valence-corrected chi connectivity index (χ2v) is 5.94. The summed E-state index contributed by atoms with van der Waals surface area (Å²) in [4.78, 5) is 16.6. The fourth-order valence-corrected chi connectivity index (χ4v) is 2.77. The molecule has 1 saturated heterocycles. The lowest BCUT2D eigenvalue weighted by Gasteiger charge is -2.22. The van der Waals surface area contributed by atoms with Gasteiger partial charge in [-0.3, -0.25) is 9.89 Å². The summed E-state index contributed by atoms with van der Waals surface area (Å²) in [5, 5.41) is 10.7. The Morgan fingerprint density at radius 3 is 2.88 bits per heavy atom. The highest BCUT2D eigenvalue weighted by molar-refractivity contribution is 6.04. The third-order valence-corrected chi connectivity index (χ3v) is 4.15. The van der Waals surface area contributed by atoms with E-state index in [1.165, 1.54) is 6.20 Å². The molecular formula is C18H18N4O3. The second kappa shape index (κ2) is 6.90. The Morgan fingerprint density at radius 1 is 1.20 bits per heavy atom. The number of pyridine rings is 1. The highest BCUT2D eigenvalue weighted by atomic mass is 16.5. The number of carbonyl (C=O) groups is 1. The van der Waals surface area contributed by atoms with Crippen LogP contribution in [0.5, 0.6) is 5.88 Å². The van der Waals surface area contributed by atoms with Crippen molar-refractivity contribution in [1.29, 1.82) is 0 Å². The summed E-state index contributed by atoms with van der Waals surface area (Å²) in [6, 6.07) is 9.02. The van der Waals surface area contributed by atoms with Crippen LogP contribution in [0.2, 0.25) is 0 Å². The molecule has 0 bridgehead atoms. The molecule has 1 fully saturated rings. The fourth-order valence-electron chi connectivity index (χ4n) is 2.77. The van der Waals surface area contributed by atoms with Gasteiger partial charge in [0.15, 0.2) is 0 Å². The van der Waals surface area contributed by atoms with E-state index in [-0.39, 0.29) is 12.0 Å². The first kappa shape index (κ1) is 15.6. The molecule has 2 N–H and O–H groups in total. The summed E-state index contributed by atoms with van der Waals surface area (Å²) in [6.07, 6.45) is 5.11. The Morgan fingerprint density at radius 2 is 2.08 bits per heavy atom. The van der Waals surface area contributed by atoms with E-state index >= 15 is 0 Å². The minimum absolute atomic E-state index is 0.127. The van der Waals surface area contributed by atoms with Gasteiger partial charge in [-0.2, -0.15) is 5.10 Å². The molecule has 7 heteroatoms. The Balaban J connectivity index is 1.41.